The minimum atomic E-state index is -0.233. The van der Waals surface area contributed by atoms with E-state index in [0.717, 1.165) is 17.0 Å². The quantitative estimate of drug-likeness (QED) is 0.816. The van der Waals surface area contributed by atoms with Gasteiger partial charge in [0.05, 0.1) is 12.6 Å². The fourth-order valence-electron chi connectivity index (χ4n) is 3.07. The Bertz CT molecular complexity index is 804. The van der Waals surface area contributed by atoms with Crippen LogP contribution in [0.3, 0.4) is 0 Å². The van der Waals surface area contributed by atoms with Crippen LogP contribution in [0, 0.1) is 6.92 Å². The topological polar surface area (TPSA) is 67.9 Å². The Morgan fingerprint density at radius 2 is 1.93 bits per heavy atom. The first-order valence-corrected chi connectivity index (χ1v) is 9.07. The van der Waals surface area contributed by atoms with Gasteiger partial charge in [-0.15, -0.1) is 0 Å². The number of nitrogens with zero attached hydrogens (tertiary/aromatic N) is 1. The standard InChI is InChI=1S/C21H24N2O4/c1-3-26-18-9-7-17(8-10-18)23-13-16(12-21(23)25)22-20(24)14-27-19-6-4-5-15(2)11-19/h4-11,16H,3,12-14H2,1-2H3,(H,22,24)/t16-/m1/s1. The van der Waals surface area contributed by atoms with E-state index < -0.39 is 0 Å². The van der Waals surface area contributed by atoms with E-state index in [1.807, 2.05) is 62.4 Å². The normalized spacial score (nSPS) is 16.3. The van der Waals surface area contributed by atoms with Gasteiger partial charge in [0, 0.05) is 18.7 Å². The van der Waals surface area contributed by atoms with Crippen molar-refractivity contribution in [2.75, 3.05) is 24.7 Å². The van der Waals surface area contributed by atoms with Gasteiger partial charge in [-0.2, -0.15) is 0 Å². The molecule has 0 saturated carbocycles. The lowest BCUT2D eigenvalue weighted by Crippen LogP contribution is -2.39. The van der Waals surface area contributed by atoms with Crippen molar-refractivity contribution in [3.63, 3.8) is 0 Å². The molecular formula is C21H24N2O4. The number of amides is 2. The van der Waals surface area contributed by atoms with Gasteiger partial charge in [-0.1, -0.05) is 12.1 Å². The molecule has 2 aromatic rings. The second-order valence-electron chi connectivity index (χ2n) is 6.51. The van der Waals surface area contributed by atoms with Crippen LogP contribution in [0.15, 0.2) is 48.5 Å². The lowest BCUT2D eigenvalue weighted by atomic mass is 10.2. The summed E-state index contributed by atoms with van der Waals surface area (Å²) in [6, 6.07) is 14.7. The lowest BCUT2D eigenvalue weighted by Gasteiger charge is -2.18. The summed E-state index contributed by atoms with van der Waals surface area (Å²) in [7, 11) is 0. The van der Waals surface area contributed by atoms with E-state index in [-0.39, 0.29) is 30.9 Å². The van der Waals surface area contributed by atoms with Crippen LogP contribution in [0.5, 0.6) is 11.5 Å². The Labute approximate surface area is 159 Å². The first-order valence-electron chi connectivity index (χ1n) is 9.07. The van der Waals surface area contributed by atoms with Crippen molar-refractivity contribution in [3.8, 4) is 11.5 Å². The zero-order valence-electron chi connectivity index (χ0n) is 15.6. The molecule has 0 spiro atoms. The van der Waals surface area contributed by atoms with E-state index >= 15 is 0 Å². The number of carbonyl (C=O) groups excluding carboxylic acids is 2. The Kier molecular flexibility index (Phi) is 5.96. The molecule has 2 amide bonds. The van der Waals surface area contributed by atoms with Crippen molar-refractivity contribution in [2.45, 2.75) is 26.3 Å². The fourth-order valence-corrected chi connectivity index (χ4v) is 3.07. The predicted octanol–water partition coefficient (Wildman–Crippen LogP) is 2.69. The Balaban J connectivity index is 1.51. The van der Waals surface area contributed by atoms with E-state index in [1.165, 1.54) is 0 Å². The summed E-state index contributed by atoms with van der Waals surface area (Å²) >= 11 is 0. The van der Waals surface area contributed by atoms with Crippen molar-refractivity contribution >= 4 is 17.5 Å². The number of rotatable bonds is 7. The third-order valence-corrected chi connectivity index (χ3v) is 4.31. The number of hydrogen-bond acceptors (Lipinski definition) is 4. The molecule has 1 heterocycles. The molecule has 0 radical (unpaired) electrons. The molecule has 0 aromatic heterocycles. The van der Waals surface area contributed by atoms with Crippen LogP contribution in [-0.4, -0.2) is 37.6 Å². The highest BCUT2D eigenvalue weighted by Crippen LogP contribution is 2.24. The van der Waals surface area contributed by atoms with Crippen molar-refractivity contribution in [3.05, 3.63) is 54.1 Å². The number of anilines is 1. The van der Waals surface area contributed by atoms with Crippen molar-refractivity contribution in [2.24, 2.45) is 0 Å². The summed E-state index contributed by atoms with van der Waals surface area (Å²) in [5, 5.41) is 2.87. The number of benzene rings is 2. The van der Waals surface area contributed by atoms with Gasteiger partial charge in [0.15, 0.2) is 6.61 Å². The van der Waals surface area contributed by atoms with E-state index in [4.69, 9.17) is 9.47 Å². The number of hydrogen-bond donors (Lipinski definition) is 1. The molecular weight excluding hydrogens is 344 g/mol. The summed E-state index contributed by atoms with van der Waals surface area (Å²) in [4.78, 5) is 26.1. The highest BCUT2D eigenvalue weighted by Gasteiger charge is 2.31. The maximum atomic E-state index is 12.3. The molecule has 1 N–H and O–H groups in total. The van der Waals surface area contributed by atoms with E-state index in [1.54, 1.807) is 4.90 Å². The van der Waals surface area contributed by atoms with Crippen LogP contribution in [0.4, 0.5) is 5.69 Å². The van der Waals surface area contributed by atoms with Gasteiger partial charge in [-0.25, -0.2) is 0 Å². The van der Waals surface area contributed by atoms with Crippen LogP contribution < -0.4 is 19.7 Å². The van der Waals surface area contributed by atoms with Crippen LogP contribution in [0.1, 0.15) is 18.9 Å². The summed E-state index contributed by atoms with van der Waals surface area (Å²) < 4.78 is 10.9. The van der Waals surface area contributed by atoms with Gasteiger partial charge < -0.3 is 19.7 Å². The molecule has 0 aliphatic carbocycles. The molecule has 1 aliphatic heterocycles. The van der Waals surface area contributed by atoms with E-state index in [2.05, 4.69) is 5.32 Å². The molecule has 1 fully saturated rings. The smallest absolute Gasteiger partial charge is 0.258 e. The van der Waals surface area contributed by atoms with Crippen molar-refractivity contribution < 1.29 is 19.1 Å². The first kappa shape index (κ1) is 18.8. The summed E-state index contributed by atoms with van der Waals surface area (Å²) in [6.07, 6.45) is 0.281. The summed E-state index contributed by atoms with van der Waals surface area (Å²) in [5.74, 6) is 1.18. The predicted molar refractivity (Wildman–Crippen MR) is 103 cm³/mol. The third-order valence-electron chi connectivity index (χ3n) is 4.31. The number of nitrogens with one attached hydrogen (secondary N) is 1. The van der Waals surface area contributed by atoms with Crippen molar-refractivity contribution in [1.82, 2.24) is 5.32 Å². The fraction of sp³-hybridized carbons (Fsp3) is 0.333. The highest BCUT2D eigenvalue weighted by molar-refractivity contribution is 5.97. The largest absolute Gasteiger partial charge is 0.494 e. The van der Waals surface area contributed by atoms with Gasteiger partial charge >= 0.3 is 0 Å². The number of carbonyl (C=O) groups is 2. The minimum absolute atomic E-state index is 0.0101. The molecule has 0 bridgehead atoms. The molecule has 142 valence electrons. The number of ether oxygens (including phenoxy) is 2. The SMILES string of the molecule is CCOc1ccc(N2C[C@H](NC(=O)COc3cccc(C)c3)CC2=O)cc1. The summed E-state index contributed by atoms with van der Waals surface area (Å²) in [6.45, 7) is 4.86. The molecule has 0 unspecified atom stereocenters. The van der Waals surface area contributed by atoms with Crippen LogP contribution >= 0.6 is 0 Å². The van der Waals surface area contributed by atoms with Gasteiger partial charge in [-0.05, 0) is 55.8 Å². The molecule has 3 rings (SSSR count). The maximum absolute atomic E-state index is 12.3. The maximum Gasteiger partial charge on any atom is 0.258 e. The second kappa shape index (κ2) is 8.58. The number of aryl methyl sites for hydroxylation is 1. The van der Waals surface area contributed by atoms with Crippen LogP contribution in [0.25, 0.3) is 0 Å². The average Bonchev–Trinajstić information content (AvgIpc) is 3.01. The van der Waals surface area contributed by atoms with Gasteiger partial charge in [0.2, 0.25) is 5.91 Å². The molecule has 1 atom stereocenters. The monoisotopic (exact) mass is 368 g/mol. The Morgan fingerprint density at radius 3 is 2.63 bits per heavy atom. The highest BCUT2D eigenvalue weighted by atomic mass is 16.5. The molecule has 6 nitrogen and oxygen atoms in total. The molecule has 1 aliphatic rings. The van der Waals surface area contributed by atoms with Gasteiger partial charge in [-0.3, -0.25) is 9.59 Å². The summed E-state index contributed by atoms with van der Waals surface area (Å²) in [5.41, 5.74) is 1.87. The van der Waals surface area contributed by atoms with Crippen LogP contribution in [-0.2, 0) is 9.59 Å². The minimum Gasteiger partial charge on any atom is -0.494 e. The molecule has 27 heavy (non-hydrogen) atoms. The third kappa shape index (κ3) is 5.00. The average molecular weight is 368 g/mol. The zero-order valence-corrected chi connectivity index (χ0v) is 15.6. The van der Waals surface area contributed by atoms with E-state index in [0.29, 0.717) is 18.9 Å². The Morgan fingerprint density at radius 1 is 1.15 bits per heavy atom. The first-order chi connectivity index (χ1) is 13.0. The van der Waals surface area contributed by atoms with E-state index in [9.17, 15) is 9.59 Å². The molecule has 6 heteroatoms. The molecule has 1 saturated heterocycles. The molecule has 2 aromatic carbocycles. The van der Waals surface area contributed by atoms with Gasteiger partial charge in [0.1, 0.15) is 11.5 Å². The zero-order chi connectivity index (χ0) is 19.2. The van der Waals surface area contributed by atoms with Gasteiger partial charge in [0.25, 0.3) is 5.91 Å². The van der Waals surface area contributed by atoms with Crippen LogP contribution in [0.2, 0.25) is 0 Å². The Hall–Kier alpha value is -3.02. The lowest BCUT2D eigenvalue weighted by molar-refractivity contribution is -0.123. The second-order valence-corrected chi connectivity index (χ2v) is 6.51. The van der Waals surface area contributed by atoms with Crippen molar-refractivity contribution in [1.29, 1.82) is 0 Å².